The van der Waals surface area contributed by atoms with E-state index < -0.39 is 17.2 Å². The van der Waals surface area contributed by atoms with Crippen molar-refractivity contribution in [1.29, 1.82) is 0 Å². The summed E-state index contributed by atoms with van der Waals surface area (Å²) in [6.45, 7) is 2.08. The van der Waals surface area contributed by atoms with Gasteiger partial charge in [-0.2, -0.15) is 0 Å². The summed E-state index contributed by atoms with van der Waals surface area (Å²) in [6.07, 6.45) is 3.64. The van der Waals surface area contributed by atoms with Gasteiger partial charge in [0.25, 0.3) is 0 Å². The van der Waals surface area contributed by atoms with Crippen molar-refractivity contribution in [3.63, 3.8) is 0 Å². The summed E-state index contributed by atoms with van der Waals surface area (Å²) >= 11 is 0. The van der Waals surface area contributed by atoms with Crippen molar-refractivity contribution in [1.82, 2.24) is 5.32 Å². The summed E-state index contributed by atoms with van der Waals surface area (Å²) in [6, 6.07) is 3.61. The van der Waals surface area contributed by atoms with Crippen molar-refractivity contribution >= 4 is 5.91 Å². The van der Waals surface area contributed by atoms with Crippen molar-refractivity contribution in [3.05, 3.63) is 35.4 Å². The summed E-state index contributed by atoms with van der Waals surface area (Å²) < 4.78 is 25.9. The van der Waals surface area contributed by atoms with Gasteiger partial charge in [-0.25, -0.2) is 8.78 Å². The highest BCUT2D eigenvalue weighted by molar-refractivity contribution is 5.80. The first-order valence-corrected chi connectivity index (χ1v) is 6.91. The molecule has 1 aromatic carbocycles. The molecule has 1 aromatic rings. The first-order chi connectivity index (χ1) is 9.40. The van der Waals surface area contributed by atoms with Crippen LogP contribution in [-0.2, 0) is 11.3 Å². The fraction of sp³-hybridized carbons (Fsp3) is 0.533. The Kier molecular flexibility index (Phi) is 4.38. The van der Waals surface area contributed by atoms with Crippen LogP contribution in [0.15, 0.2) is 18.2 Å². The Labute approximate surface area is 117 Å². The molecule has 3 nitrogen and oxygen atoms in total. The predicted molar refractivity (Wildman–Crippen MR) is 72.8 cm³/mol. The Morgan fingerprint density at radius 2 is 2.15 bits per heavy atom. The number of nitrogens with two attached hydrogens (primary N) is 1. The minimum absolute atomic E-state index is 0.112. The topological polar surface area (TPSA) is 55.1 Å². The predicted octanol–water partition coefficient (Wildman–Crippen LogP) is 2.49. The number of halogens is 2. The Morgan fingerprint density at radius 1 is 1.40 bits per heavy atom. The third kappa shape index (κ3) is 3.33. The quantitative estimate of drug-likeness (QED) is 0.895. The number of amides is 1. The molecule has 110 valence electrons. The molecule has 0 bridgehead atoms. The summed E-state index contributed by atoms with van der Waals surface area (Å²) in [5.41, 5.74) is 6.21. The Morgan fingerprint density at radius 3 is 2.80 bits per heavy atom. The van der Waals surface area contributed by atoms with Crippen LogP contribution in [0, 0.1) is 17.6 Å². The van der Waals surface area contributed by atoms with Crippen molar-refractivity contribution in [2.24, 2.45) is 11.7 Å². The zero-order valence-electron chi connectivity index (χ0n) is 11.6. The lowest BCUT2D eigenvalue weighted by Crippen LogP contribution is -2.52. The number of carbonyl (C=O) groups excluding carboxylic acids is 1. The van der Waals surface area contributed by atoms with E-state index in [1.807, 2.05) is 6.92 Å². The maximum Gasteiger partial charge on any atom is 0.225 e. The van der Waals surface area contributed by atoms with Crippen molar-refractivity contribution in [2.45, 2.75) is 44.7 Å². The van der Waals surface area contributed by atoms with E-state index >= 15 is 0 Å². The molecule has 0 aromatic heterocycles. The standard InChI is InChI=1S/C15H20F2N2O/c1-15(18)7-3-2-4-11(15)14(20)19-9-10-5-6-12(16)13(17)8-10/h5-6,8,11H,2-4,7,9,18H2,1H3,(H,19,20). The maximum atomic E-state index is 13.1. The molecule has 1 fully saturated rings. The molecule has 2 atom stereocenters. The van der Waals surface area contributed by atoms with Crippen LogP contribution in [0.4, 0.5) is 8.78 Å². The van der Waals surface area contributed by atoms with Gasteiger partial charge in [0.2, 0.25) is 5.91 Å². The molecule has 3 N–H and O–H groups in total. The van der Waals surface area contributed by atoms with Crippen LogP contribution in [0.1, 0.15) is 38.2 Å². The van der Waals surface area contributed by atoms with E-state index in [-0.39, 0.29) is 18.4 Å². The highest BCUT2D eigenvalue weighted by Crippen LogP contribution is 2.31. The van der Waals surface area contributed by atoms with Crippen LogP contribution < -0.4 is 11.1 Å². The molecule has 0 aliphatic heterocycles. The van der Waals surface area contributed by atoms with Gasteiger partial charge in [-0.3, -0.25) is 4.79 Å². The van der Waals surface area contributed by atoms with Gasteiger partial charge >= 0.3 is 0 Å². The van der Waals surface area contributed by atoms with Gasteiger partial charge < -0.3 is 11.1 Å². The minimum Gasteiger partial charge on any atom is -0.352 e. The highest BCUT2D eigenvalue weighted by atomic mass is 19.2. The van der Waals surface area contributed by atoms with Crippen LogP contribution in [0.5, 0.6) is 0 Å². The average Bonchev–Trinajstić information content (AvgIpc) is 2.39. The third-order valence-corrected chi connectivity index (χ3v) is 4.02. The van der Waals surface area contributed by atoms with Gasteiger partial charge in [-0.1, -0.05) is 18.9 Å². The average molecular weight is 282 g/mol. The second-order valence-corrected chi connectivity index (χ2v) is 5.77. The first kappa shape index (κ1) is 14.9. The fourth-order valence-electron chi connectivity index (χ4n) is 2.75. The molecule has 1 aliphatic rings. The van der Waals surface area contributed by atoms with Crippen LogP contribution in [0.2, 0.25) is 0 Å². The van der Waals surface area contributed by atoms with Gasteiger partial charge in [0.15, 0.2) is 11.6 Å². The van der Waals surface area contributed by atoms with Crippen LogP contribution in [-0.4, -0.2) is 11.4 Å². The lowest BCUT2D eigenvalue weighted by Gasteiger charge is -2.37. The zero-order valence-corrected chi connectivity index (χ0v) is 11.6. The van der Waals surface area contributed by atoms with Crippen molar-refractivity contribution in [2.75, 3.05) is 0 Å². The summed E-state index contributed by atoms with van der Waals surface area (Å²) in [5, 5.41) is 2.76. The number of benzene rings is 1. The molecule has 2 unspecified atom stereocenters. The van der Waals surface area contributed by atoms with Crippen molar-refractivity contribution in [3.8, 4) is 0 Å². The van der Waals surface area contributed by atoms with E-state index in [0.717, 1.165) is 37.8 Å². The van der Waals surface area contributed by atoms with Gasteiger partial charge in [0, 0.05) is 12.1 Å². The van der Waals surface area contributed by atoms with Crippen LogP contribution in [0.25, 0.3) is 0 Å². The zero-order chi connectivity index (χ0) is 14.8. The molecule has 2 rings (SSSR count). The van der Waals surface area contributed by atoms with Gasteiger partial charge in [-0.15, -0.1) is 0 Å². The second kappa shape index (κ2) is 5.87. The molecule has 1 saturated carbocycles. The molecular formula is C15H20F2N2O. The monoisotopic (exact) mass is 282 g/mol. The number of hydrogen-bond donors (Lipinski definition) is 2. The number of nitrogens with one attached hydrogen (secondary N) is 1. The molecule has 0 heterocycles. The summed E-state index contributed by atoms with van der Waals surface area (Å²) in [5.74, 6) is -2.12. The Balaban J connectivity index is 1.96. The maximum absolute atomic E-state index is 13.1. The Hall–Kier alpha value is -1.49. The van der Waals surface area contributed by atoms with Gasteiger partial charge in [0.1, 0.15) is 0 Å². The lowest BCUT2D eigenvalue weighted by atomic mass is 9.74. The number of carbonyl (C=O) groups is 1. The summed E-state index contributed by atoms with van der Waals surface area (Å²) in [4.78, 5) is 12.2. The highest BCUT2D eigenvalue weighted by Gasteiger charge is 2.37. The molecule has 0 saturated heterocycles. The molecule has 0 radical (unpaired) electrons. The van der Waals surface area contributed by atoms with E-state index in [9.17, 15) is 13.6 Å². The Bertz CT molecular complexity index is 503. The van der Waals surface area contributed by atoms with E-state index in [0.29, 0.717) is 5.56 Å². The second-order valence-electron chi connectivity index (χ2n) is 5.77. The van der Waals surface area contributed by atoms with Gasteiger partial charge in [0.05, 0.1) is 5.92 Å². The van der Waals surface area contributed by atoms with E-state index in [1.54, 1.807) is 0 Å². The SMILES string of the molecule is CC1(N)CCCCC1C(=O)NCc1ccc(F)c(F)c1. The fourth-order valence-corrected chi connectivity index (χ4v) is 2.75. The molecular weight excluding hydrogens is 262 g/mol. The van der Waals surface area contributed by atoms with Crippen molar-refractivity contribution < 1.29 is 13.6 Å². The smallest absolute Gasteiger partial charge is 0.225 e. The largest absolute Gasteiger partial charge is 0.352 e. The first-order valence-electron chi connectivity index (χ1n) is 6.91. The number of hydrogen-bond acceptors (Lipinski definition) is 2. The van der Waals surface area contributed by atoms with E-state index in [2.05, 4.69) is 5.32 Å². The molecule has 1 amide bonds. The summed E-state index contributed by atoms with van der Waals surface area (Å²) in [7, 11) is 0. The van der Waals surface area contributed by atoms with Crippen LogP contribution >= 0.6 is 0 Å². The molecule has 0 spiro atoms. The normalized spacial score (nSPS) is 26.3. The number of rotatable bonds is 3. The minimum atomic E-state index is -0.905. The van der Waals surface area contributed by atoms with Crippen LogP contribution in [0.3, 0.4) is 0 Å². The van der Waals surface area contributed by atoms with E-state index in [1.165, 1.54) is 6.07 Å². The molecule has 1 aliphatic carbocycles. The van der Waals surface area contributed by atoms with E-state index in [4.69, 9.17) is 5.73 Å². The third-order valence-electron chi connectivity index (χ3n) is 4.02. The molecule has 20 heavy (non-hydrogen) atoms. The molecule has 5 heteroatoms. The van der Waals surface area contributed by atoms with Gasteiger partial charge in [-0.05, 0) is 37.5 Å². The lowest BCUT2D eigenvalue weighted by molar-refractivity contribution is -0.128.